The second-order valence-electron chi connectivity index (χ2n) is 1.98. The lowest BCUT2D eigenvalue weighted by Gasteiger charge is -1.99. The summed E-state index contributed by atoms with van der Waals surface area (Å²) in [5, 5.41) is 2.29. The third kappa shape index (κ3) is 6.53. The maximum absolute atomic E-state index is 10.5. The maximum atomic E-state index is 10.5. The smallest absolute Gasteiger partial charge is 0.313 e. The van der Waals surface area contributed by atoms with E-state index in [-0.39, 0.29) is 12.9 Å². The molecule has 0 bridgehead atoms. The molecule has 6 heteroatoms. The van der Waals surface area contributed by atoms with E-state index in [1.165, 1.54) is 0 Å². The molecule has 3 N–H and O–H groups in total. The Morgan fingerprint density at radius 3 is 2.67 bits per heavy atom. The van der Waals surface area contributed by atoms with Gasteiger partial charge < -0.3 is 15.8 Å². The van der Waals surface area contributed by atoms with E-state index in [1.807, 2.05) is 0 Å². The monoisotopic (exact) mass is 174 g/mol. The summed E-state index contributed by atoms with van der Waals surface area (Å²) < 4.78 is 3.99. The minimum Gasteiger partial charge on any atom is -0.395 e. The number of hydrogen-bond acceptors (Lipinski definition) is 4. The van der Waals surface area contributed by atoms with Crippen molar-refractivity contribution in [3.05, 3.63) is 0 Å². The molecule has 6 nitrogen and oxygen atoms in total. The number of primary amides is 1. The molecular weight excluding hydrogens is 164 g/mol. The molecule has 68 valence electrons. The van der Waals surface area contributed by atoms with Crippen molar-refractivity contribution in [1.29, 1.82) is 0 Å². The van der Waals surface area contributed by atoms with Crippen LogP contribution in [0.3, 0.4) is 0 Å². The second kappa shape index (κ2) is 6.14. The Labute approximate surface area is 69.1 Å². The van der Waals surface area contributed by atoms with Gasteiger partial charge in [-0.2, -0.15) is 0 Å². The lowest BCUT2D eigenvalue weighted by atomic mass is 10.3. The Balaban J connectivity index is 3.25. The molecule has 0 spiro atoms. The van der Waals surface area contributed by atoms with Gasteiger partial charge in [0.15, 0.2) is 0 Å². The fourth-order valence-electron chi connectivity index (χ4n) is 0.557. The second-order valence-corrected chi connectivity index (χ2v) is 1.98. The molecule has 2 amide bonds. The fraction of sp³-hybridized carbons (Fsp3) is 0.500. The third-order valence-corrected chi connectivity index (χ3v) is 1.04. The SMILES string of the molecule is NC(=O)NCCCC(=O)OC=O. The van der Waals surface area contributed by atoms with Gasteiger partial charge in [0, 0.05) is 13.0 Å². The minimum atomic E-state index is -0.640. The number of nitrogens with two attached hydrogens (primary N) is 1. The average molecular weight is 174 g/mol. The van der Waals surface area contributed by atoms with Crippen LogP contribution in [0.4, 0.5) is 4.79 Å². The number of carbonyl (C=O) groups excluding carboxylic acids is 3. The quantitative estimate of drug-likeness (QED) is 0.245. The van der Waals surface area contributed by atoms with Crippen LogP contribution in [0.1, 0.15) is 12.8 Å². The number of carbonyl (C=O) groups is 3. The van der Waals surface area contributed by atoms with Crippen LogP contribution < -0.4 is 11.1 Å². The molecule has 0 rings (SSSR count). The van der Waals surface area contributed by atoms with Crippen LogP contribution in [0.2, 0.25) is 0 Å². The molecule has 0 fully saturated rings. The lowest BCUT2D eigenvalue weighted by Crippen LogP contribution is -2.30. The van der Waals surface area contributed by atoms with Crippen LogP contribution in [-0.4, -0.2) is 25.0 Å². The molecule has 0 atom stereocenters. The summed E-state index contributed by atoms with van der Waals surface area (Å²) in [5.41, 5.74) is 4.75. The molecule has 0 aromatic carbocycles. The Hall–Kier alpha value is -1.59. The highest BCUT2D eigenvalue weighted by Crippen LogP contribution is 1.89. The molecule has 0 aliphatic heterocycles. The van der Waals surface area contributed by atoms with Gasteiger partial charge in [0.1, 0.15) is 0 Å². The molecule has 0 saturated heterocycles. The minimum absolute atomic E-state index is 0.0733. The maximum Gasteiger partial charge on any atom is 0.313 e. The molecule has 0 aliphatic carbocycles. The van der Waals surface area contributed by atoms with E-state index in [4.69, 9.17) is 5.73 Å². The van der Waals surface area contributed by atoms with Crippen molar-refractivity contribution in [3.8, 4) is 0 Å². The topological polar surface area (TPSA) is 98.5 Å². The van der Waals surface area contributed by atoms with E-state index in [0.29, 0.717) is 13.0 Å². The van der Waals surface area contributed by atoms with Gasteiger partial charge in [-0.15, -0.1) is 0 Å². The molecular formula is C6H10N2O4. The Bertz CT molecular complexity index is 180. The van der Waals surface area contributed by atoms with E-state index < -0.39 is 12.0 Å². The number of rotatable bonds is 5. The molecule has 0 unspecified atom stereocenters. The van der Waals surface area contributed by atoms with Crippen molar-refractivity contribution in [1.82, 2.24) is 5.32 Å². The number of nitrogens with one attached hydrogen (secondary N) is 1. The van der Waals surface area contributed by atoms with Gasteiger partial charge in [0.25, 0.3) is 0 Å². The van der Waals surface area contributed by atoms with Crippen LogP contribution in [0.25, 0.3) is 0 Å². The number of esters is 1. The molecule has 0 aromatic rings. The van der Waals surface area contributed by atoms with Crippen molar-refractivity contribution in [2.24, 2.45) is 5.73 Å². The summed E-state index contributed by atoms with van der Waals surface area (Å²) in [6.45, 7) is 0.368. The van der Waals surface area contributed by atoms with Gasteiger partial charge in [-0.3, -0.25) is 9.59 Å². The highest BCUT2D eigenvalue weighted by atomic mass is 16.6. The van der Waals surface area contributed by atoms with E-state index in [2.05, 4.69) is 10.1 Å². The van der Waals surface area contributed by atoms with Crippen LogP contribution in [0.15, 0.2) is 0 Å². The molecule has 0 aliphatic rings. The fourth-order valence-corrected chi connectivity index (χ4v) is 0.557. The number of hydrogen-bond donors (Lipinski definition) is 2. The molecule has 0 radical (unpaired) electrons. The summed E-state index contributed by atoms with van der Waals surface area (Å²) in [5.74, 6) is -0.615. The number of amides is 2. The predicted octanol–water partition coefficient (Wildman–Crippen LogP) is -0.866. The largest absolute Gasteiger partial charge is 0.395 e. The first-order valence-electron chi connectivity index (χ1n) is 3.33. The van der Waals surface area contributed by atoms with E-state index in [1.54, 1.807) is 0 Å². The summed E-state index contributed by atoms with van der Waals surface area (Å²) in [7, 11) is 0. The van der Waals surface area contributed by atoms with Crippen molar-refractivity contribution in [2.45, 2.75) is 12.8 Å². The van der Waals surface area contributed by atoms with Gasteiger partial charge in [0.05, 0.1) is 0 Å². The van der Waals surface area contributed by atoms with Crippen LogP contribution in [0, 0.1) is 0 Å². The summed E-state index contributed by atoms with van der Waals surface area (Å²) in [4.78, 5) is 30.2. The Morgan fingerprint density at radius 1 is 1.50 bits per heavy atom. The Kier molecular flexibility index (Phi) is 5.33. The summed E-state index contributed by atoms with van der Waals surface area (Å²) in [6, 6.07) is -0.640. The van der Waals surface area contributed by atoms with Crippen LogP contribution in [0.5, 0.6) is 0 Å². The van der Waals surface area contributed by atoms with Gasteiger partial charge in [-0.25, -0.2) is 4.79 Å². The lowest BCUT2D eigenvalue weighted by molar-refractivity contribution is -0.151. The van der Waals surface area contributed by atoms with Crippen molar-refractivity contribution in [3.63, 3.8) is 0 Å². The van der Waals surface area contributed by atoms with Gasteiger partial charge in [-0.1, -0.05) is 0 Å². The average Bonchev–Trinajstić information content (AvgIpc) is 1.98. The highest BCUT2D eigenvalue weighted by molar-refractivity contribution is 5.76. The van der Waals surface area contributed by atoms with Crippen molar-refractivity contribution >= 4 is 18.5 Å². The molecule has 0 aromatic heterocycles. The van der Waals surface area contributed by atoms with E-state index in [9.17, 15) is 14.4 Å². The van der Waals surface area contributed by atoms with Crippen LogP contribution >= 0.6 is 0 Å². The number of ether oxygens (including phenoxy) is 1. The molecule has 12 heavy (non-hydrogen) atoms. The third-order valence-electron chi connectivity index (χ3n) is 1.04. The van der Waals surface area contributed by atoms with E-state index >= 15 is 0 Å². The first kappa shape index (κ1) is 10.4. The summed E-state index contributed by atoms with van der Waals surface area (Å²) >= 11 is 0. The normalized spacial score (nSPS) is 8.67. The summed E-state index contributed by atoms with van der Waals surface area (Å²) in [6.07, 6.45) is 0.481. The first-order valence-corrected chi connectivity index (χ1v) is 3.33. The highest BCUT2D eigenvalue weighted by Gasteiger charge is 2.00. The zero-order valence-electron chi connectivity index (χ0n) is 6.41. The molecule has 0 saturated carbocycles. The van der Waals surface area contributed by atoms with Gasteiger partial charge in [-0.05, 0) is 6.42 Å². The Morgan fingerprint density at radius 2 is 2.17 bits per heavy atom. The number of urea groups is 1. The van der Waals surface area contributed by atoms with Gasteiger partial charge in [0.2, 0.25) is 0 Å². The zero-order valence-corrected chi connectivity index (χ0v) is 6.41. The van der Waals surface area contributed by atoms with E-state index in [0.717, 1.165) is 0 Å². The van der Waals surface area contributed by atoms with Crippen LogP contribution in [-0.2, 0) is 14.3 Å². The van der Waals surface area contributed by atoms with Crippen molar-refractivity contribution in [2.75, 3.05) is 6.54 Å². The van der Waals surface area contributed by atoms with Crippen molar-refractivity contribution < 1.29 is 19.1 Å². The zero-order chi connectivity index (χ0) is 9.40. The standard InChI is InChI=1S/C6H10N2O4/c7-6(11)8-3-1-2-5(10)12-4-9/h4H,1-3H2,(H3,7,8,11). The van der Waals surface area contributed by atoms with Gasteiger partial charge >= 0.3 is 18.5 Å². The molecule has 0 heterocycles. The first-order chi connectivity index (χ1) is 5.66. The predicted molar refractivity (Wildman–Crippen MR) is 39.0 cm³/mol.